The van der Waals surface area contributed by atoms with Crippen LogP contribution in [-0.4, -0.2) is 9.55 Å². The molecule has 2 heterocycles. The highest BCUT2D eigenvalue weighted by Gasteiger charge is 2.19. The topological polar surface area (TPSA) is 43.8 Å². The Labute approximate surface area is 101 Å². The van der Waals surface area contributed by atoms with Crippen LogP contribution in [0.3, 0.4) is 0 Å². The zero-order valence-corrected chi connectivity index (χ0v) is 10.1. The molecule has 0 amide bonds. The summed E-state index contributed by atoms with van der Waals surface area (Å²) in [7, 11) is 0. The molecule has 3 nitrogen and oxygen atoms in total. The van der Waals surface area contributed by atoms with Crippen LogP contribution in [0.5, 0.6) is 0 Å². The first-order chi connectivity index (χ1) is 8.24. The summed E-state index contributed by atoms with van der Waals surface area (Å²) in [4.78, 5) is 4.75. The van der Waals surface area contributed by atoms with Crippen LogP contribution in [-0.2, 0) is 6.54 Å². The molecule has 0 bridgehead atoms. The van der Waals surface area contributed by atoms with Gasteiger partial charge in [0.15, 0.2) is 0 Å². The summed E-state index contributed by atoms with van der Waals surface area (Å²) in [6, 6.07) is 7.93. The minimum Gasteiger partial charge on any atom is -0.399 e. The molecule has 3 rings (SSSR count). The molecule has 1 aromatic carbocycles. The highest BCUT2D eigenvalue weighted by Crippen LogP contribution is 2.29. The van der Waals surface area contributed by atoms with Gasteiger partial charge in [-0.15, -0.1) is 0 Å². The van der Waals surface area contributed by atoms with E-state index in [2.05, 4.69) is 17.7 Å². The van der Waals surface area contributed by atoms with Crippen molar-refractivity contribution in [1.29, 1.82) is 0 Å². The average Bonchev–Trinajstić information content (AvgIpc) is 2.75. The summed E-state index contributed by atoms with van der Waals surface area (Å²) in [5.41, 5.74) is 8.71. The Kier molecular flexibility index (Phi) is 2.39. The standard InChI is InChI=1S/C14H17N3/c1-10-3-2-8-17-9-13(16-14(10)17)11-4-6-12(15)7-5-11/h4-7,9-10H,2-3,8,15H2,1H3/t10-/m1/s1. The zero-order valence-electron chi connectivity index (χ0n) is 10.1. The molecule has 2 aromatic rings. The molecular weight excluding hydrogens is 210 g/mol. The molecule has 88 valence electrons. The Morgan fingerprint density at radius 2 is 2.06 bits per heavy atom. The van der Waals surface area contributed by atoms with Crippen LogP contribution in [0.2, 0.25) is 0 Å². The molecule has 1 aliphatic heterocycles. The van der Waals surface area contributed by atoms with E-state index in [4.69, 9.17) is 10.7 Å². The van der Waals surface area contributed by atoms with E-state index < -0.39 is 0 Å². The molecule has 1 aromatic heterocycles. The summed E-state index contributed by atoms with van der Waals surface area (Å²) in [6.07, 6.45) is 4.67. The molecule has 1 aliphatic rings. The Morgan fingerprint density at radius 3 is 2.76 bits per heavy atom. The number of aromatic nitrogens is 2. The van der Waals surface area contributed by atoms with Gasteiger partial charge in [0.25, 0.3) is 0 Å². The fourth-order valence-corrected chi connectivity index (χ4v) is 2.49. The van der Waals surface area contributed by atoms with Crippen molar-refractivity contribution in [3.63, 3.8) is 0 Å². The van der Waals surface area contributed by atoms with Crippen LogP contribution in [0.1, 0.15) is 31.5 Å². The maximum absolute atomic E-state index is 5.70. The van der Waals surface area contributed by atoms with Gasteiger partial charge in [0, 0.05) is 29.9 Å². The number of nitrogens with zero attached hydrogens (tertiary/aromatic N) is 2. The third-order valence-corrected chi connectivity index (χ3v) is 3.49. The molecule has 0 saturated carbocycles. The van der Waals surface area contributed by atoms with Crippen LogP contribution in [0, 0.1) is 0 Å². The monoisotopic (exact) mass is 227 g/mol. The summed E-state index contributed by atoms with van der Waals surface area (Å²) in [5.74, 6) is 1.80. The Hall–Kier alpha value is -1.77. The van der Waals surface area contributed by atoms with Gasteiger partial charge in [-0.05, 0) is 25.0 Å². The minimum absolute atomic E-state index is 0.575. The Morgan fingerprint density at radius 1 is 1.29 bits per heavy atom. The highest BCUT2D eigenvalue weighted by molar-refractivity contribution is 5.61. The van der Waals surface area contributed by atoms with Crippen LogP contribution >= 0.6 is 0 Å². The lowest BCUT2D eigenvalue weighted by Crippen LogP contribution is -2.12. The van der Waals surface area contributed by atoms with E-state index in [1.807, 2.05) is 24.3 Å². The van der Waals surface area contributed by atoms with Crippen molar-refractivity contribution >= 4 is 5.69 Å². The normalized spacial score (nSPS) is 19.0. The van der Waals surface area contributed by atoms with E-state index in [0.29, 0.717) is 5.92 Å². The van der Waals surface area contributed by atoms with Crippen molar-refractivity contribution in [3.8, 4) is 11.3 Å². The zero-order chi connectivity index (χ0) is 11.8. The number of hydrogen-bond acceptors (Lipinski definition) is 2. The number of nitrogens with two attached hydrogens (primary N) is 1. The van der Waals surface area contributed by atoms with Gasteiger partial charge in [-0.25, -0.2) is 4.98 Å². The fourth-order valence-electron chi connectivity index (χ4n) is 2.49. The van der Waals surface area contributed by atoms with Gasteiger partial charge >= 0.3 is 0 Å². The molecule has 0 aliphatic carbocycles. The molecule has 0 fully saturated rings. The van der Waals surface area contributed by atoms with E-state index in [-0.39, 0.29) is 0 Å². The summed E-state index contributed by atoms with van der Waals surface area (Å²) in [5, 5.41) is 0. The lowest BCUT2D eigenvalue weighted by Gasteiger charge is -2.19. The van der Waals surface area contributed by atoms with Crippen molar-refractivity contribution in [3.05, 3.63) is 36.3 Å². The van der Waals surface area contributed by atoms with E-state index in [1.165, 1.54) is 18.7 Å². The van der Waals surface area contributed by atoms with Gasteiger partial charge in [-0.2, -0.15) is 0 Å². The molecule has 0 spiro atoms. The largest absolute Gasteiger partial charge is 0.399 e. The van der Waals surface area contributed by atoms with Crippen molar-refractivity contribution in [2.45, 2.75) is 32.2 Å². The fraction of sp³-hybridized carbons (Fsp3) is 0.357. The SMILES string of the molecule is C[C@@H]1CCCn2cc(-c3ccc(N)cc3)nc21. The number of nitrogen functional groups attached to an aromatic ring is 1. The summed E-state index contributed by atoms with van der Waals surface area (Å²) in [6.45, 7) is 3.35. The van der Waals surface area contributed by atoms with Crippen LogP contribution in [0.4, 0.5) is 5.69 Å². The number of imidazole rings is 1. The second-order valence-electron chi connectivity index (χ2n) is 4.84. The first kappa shape index (κ1) is 10.4. The average molecular weight is 227 g/mol. The summed E-state index contributed by atoms with van der Waals surface area (Å²) < 4.78 is 2.29. The van der Waals surface area contributed by atoms with Gasteiger partial charge in [0.2, 0.25) is 0 Å². The maximum Gasteiger partial charge on any atom is 0.112 e. The minimum atomic E-state index is 0.575. The number of anilines is 1. The Balaban J connectivity index is 2.02. The lowest BCUT2D eigenvalue weighted by molar-refractivity contribution is 0.463. The smallest absolute Gasteiger partial charge is 0.112 e. The van der Waals surface area contributed by atoms with Crippen LogP contribution < -0.4 is 5.73 Å². The third kappa shape index (κ3) is 1.82. The van der Waals surface area contributed by atoms with Gasteiger partial charge in [0.1, 0.15) is 5.82 Å². The maximum atomic E-state index is 5.70. The second kappa shape index (κ2) is 3.91. The molecule has 2 N–H and O–H groups in total. The van der Waals surface area contributed by atoms with Gasteiger partial charge in [0.05, 0.1) is 5.69 Å². The van der Waals surface area contributed by atoms with Gasteiger partial charge in [-0.3, -0.25) is 0 Å². The quantitative estimate of drug-likeness (QED) is 0.761. The third-order valence-electron chi connectivity index (χ3n) is 3.49. The summed E-state index contributed by atoms with van der Waals surface area (Å²) >= 11 is 0. The van der Waals surface area contributed by atoms with Gasteiger partial charge < -0.3 is 10.3 Å². The first-order valence-corrected chi connectivity index (χ1v) is 6.17. The van der Waals surface area contributed by atoms with Crippen LogP contribution in [0.15, 0.2) is 30.5 Å². The number of benzene rings is 1. The van der Waals surface area contributed by atoms with Crippen molar-refractivity contribution in [2.75, 3.05) is 5.73 Å². The van der Waals surface area contributed by atoms with E-state index in [9.17, 15) is 0 Å². The molecule has 0 saturated heterocycles. The number of rotatable bonds is 1. The molecule has 0 unspecified atom stereocenters. The first-order valence-electron chi connectivity index (χ1n) is 6.17. The van der Waals surface area contributed by atoms with Crippen molar-refractivity contribution < 1.29 is 0 Å². The molecule has 3 heteroatoms. The molecule has 17 heavy (non-hydrogen) atoms. The van der Waals surface area contributed by atoms with E-state index in [0.717, 1.165) is 23.5 Å². The van der Waals surface area contributed by atoms with Crippen molar-refractivity contribution in [1.82, 2.24) is 9.55 Å². The molecule has 0 radical (unpaired) electrons. The van der Waals surface area contributed by atoms with Crippen molar-refractivity contribution in [2.24, 2.45) is 0 Å². The number of aryl methyl sites for hydroxylation is 1. The predicted octanol–water partition coefficient (Wildman–Crippen LogP) is 3.03. The molecule has 1 atom stereocenters. The van der Waals surface area contributed by atoms with Crippen LogP contribution in [0.25, 0.3) is 11.3 Å². The number of hydrogen-bond donors (Lipinski definition) is 1. The Bertz CT molecular complexity index is 525. The van der Waals surface area contributed by atoms with Gasteiger partial charge in [-0.1, -0.05) is 19.1 Å². The predicted molar refractivity (Wildman–Crippen MR) is 69.7 cm³/mol. The number of fused-ring (bicyclic) bond motifs is 1. The highest BCUT2D eigenvalue weighted by atomic mass is 15.1. The second-order valence-corrected chi connectivity index (χ2v) is 4.84. The van der Waals surface area contributed by atoms with E-state index >= 15 is 0 Å². The van der Waals surface area contributed by atoms with E-state index in [1.54, 1.807) is 0 Å². The molecular formula is C14H17N3. The lowest BCUT2D eigenvalue weighted by atomic mass is 10.0.